The van der Waals surface area contributed by atoms with E-state index in [0.29, 0.717) is 12.4 Å². The maximum absolute atomic E-state index is 13.0. The van der Waals surface area contributed by atoms with Gasteiger partial charge in [-0.2, -0.15) is 18.3 Å². The second kappa shape index (κ2) is 7.79. The van der Waals surface area contributed by atoms with Gasteiger partial charge < -0.3 is 10.6 Å². The van der Waals surface area contributed by atoms with Crippen LogP contribution in [-0.4, -0.2) is 14.9 Å². The van der Waals surface area contributed by atoms with E-state index in [4.69, 9.17) is 12.2 Å². The zero-order chi connectivity index (χ0) is 19.4. The predicted molar refractivity (Wildman–Crippen MR) is 104 cm³/mol. The van der Waals surface area contributed by atoms with Crippen LogP contribution in [0.4, 0.5) is 24.7 Å². The molecule has 0 atom stereocenters. The molecular formula is C19H17F3N4S. The van der Waals surface area contributed by atoms with Crippen LogP contribution in [0, 0.1) is 6.92 Å². The van der Waals surface area contributed by atoms with Crippen molar-refractivity contribution in [1.29, 1.82) is 0 Å². The summed E-state index contributed by atoms with van der Waals surface area (Å²) in [6, 6.07) is 14.9. The van der Waals surface area contributed by atoms with Gasteiger partial charge in [0.15, 0.2) is 10.9 Å². The largest absolute Gasteiger partial charge is 0.418 e. The molecule has 0 radical (unpaired) electrons. The third-order valence-electron chi connectivity index (χ3n) is 3.96. The minimum atomic E-state index is -4.46. The minimum absolute atomic E-state index is 0.0350. The normalized spacial score (nSPS) is 11.3. The fourth-order valence-electron chi connectivity index (χ4n) is 2.59. The lowest BCUT2D eigenvalue weighted by Gasteiger charge is -2.15. The number of nitrogens with one attached hydrogen (secondary N) is 2. The van der Waals surface area contributed by atoms with Crippen LogP contribution in [-0.2, 0) is 12.7 Å². The Bertz CT molecular complexity index is 950. The summed E-state index contributed by atoms with van der Waals surface area (Å²) in [6.07, 6.45) is -2.69. The molecule has 0 saturated heterocycles. The van der Waals surface area contributed by atoms with Gasteiger partial charge in [0, 0.05) is 12.3 Å². The molecule has 4 nitrogen and oxygen atoms in total. The molecule has 140 valence electrons. The highest BCUT2D eigenvalue weighted by atomic mass is 32.1. The standard InChI is InChI=1S/C19H17F3N4S/c1-13-6-2-3-7-14(13)12-26-11-10-17(25-26)24-18(27)23-16-9-5-4-8-15(16)19(20,21)22/h2-11H,12H2,1H3,(H2,23,24,25,27). The van der Waals surface area contributed by atoms with Crippen molar-refractivity contribution >= 4 is 28.8 Å². The molecule has 27 heavy (non-hydrogen) atoms. The zero-order valence-electron chi connectivity index (χ0n) is 14.4. The molecule has 3 aromatic rings. The second-order valence-corrected chi connectivity index (χ2v) is 6.36. The SMILES string of the molecule is Cc1ccccc1Cn1ccc(NC(=S)Nc2ccccc2C(F)(F)F)n1. The maximum Gasteiger partial charge on any atom is 0.418 e. The number of benzene rings is 2. The Labute approximate surface area is 160 Å². The third kappa shape index (κ3) is 4.85. The number of thiocarbonyl (C=S) groups is 1. The average Bonchev–Trinajstić information content (AvgIpc) is 3.03. The van der Waals surface area contributed by atoms with Crippen molar-refractivity contribution in [3.05, 3.63) is 77.5 Å². The lowest BCUT2D eigenvalue weighted by Crippen LogP contribution is -2.22. The number of rotatable bonds is 4. The summed E-state index contributed by atoms with van der Waals surface area (Å²) in [5, 5.41) is 9.79. The van der Waals surface area contributed by atoms with Crippen LogP contribution >= 0.6 is 12.2 Å². The summed E-state index contributed by atoms with van der Waals surface area (Å²) in [5.41, 5.74) is 1.40. The minimum Gasteiger partial charge on any atom is -0.332 e. The van der Waals surface area contributed by atoms with Crippen LogP contribution in [0.3, 0.4) is 0 Å². The van der Waals surface area contributed by atoms with Crippen LogP contribution in [0.25, 0.3) is 0 Å². The molecule has 0 unspecified atom stereocenters. The van der Waals surface area contributed by atoms with E-state index >= 15 is 0 Å². The first-order chi connectivity index (χ1) is 12.8. The molecule has 0 saturated carbocycles. The molecule has 3 rings (SSSR count). The van der Waals surface area contributed by atoms with Crippen LogP contribution in [0.2, 0.25) is 0 Å². The van der Waals surface area contributed by atoms with Crippen molar-refractivity contribution in [1.82, 2.24) is 9.78 Å². The Morgan fingerprint density at radius 1 is 1.04 bits per heavy atom. The van der Waals surface area contributed by atoms with Gasteiger partial charge in [-0.3, -0.25) is 4.68 Å². The number of anilines is 2. The quantitative estimate of drug-likeness (QED) is 0.611. The van der Waals surface area contributed by atoms with Crippen LogP contribution in [0.15, 0.2) is 60.8 Å². The number of halogens is 3. The summed E-state index contributed by atoms with van der Waals surface area (Å²) in [4.78, 5) is 0. The second-order valence-electron chi connectivity index (χ2n) is 5.95. The summed E-state index contributed by atoms with van der Waals surface area (Å²) in [7, 11) is 0. The summed E-state index contributed by atoms with van der Waals surface area (Å²) in [5.74, 6) is 0.450. The van der Waals surface area contributed by atoms with Crippen LogP contribution in [0.1, 0.15) is 16.7 Å². The van der Waals surface area contributed by atoms with Gasteiger partial charge in [0.05, 0.1) is 17.8 Å². The summed E-state index contributed by atoms with van der Waals surface area (Å²) >= 11 is 5.12. The Balaban J connectivity index is 1.66. The fraction of sp³-hybridized carbons (Fsp3) is 0.158. The molecule has 8 heteroatoms. The topological polar surface area (TPSA) is 41.9 Å². The lowest BCUT2D eigenvalue weighted by atomic mass is 10.1. The van der Waals surface area contributed by atoms with Gasteiger partial charge in [-0.05, 0) is 42.4 Å². The number of hydrogen-bond donors (Lipinski definition) is 2. The zero-order valence-corrected chi connectivity index (χ0v) is 15.2. The number of aromatic nitrogens is 2. The Kier molecular flexibility index (Phi) is 5.46. The van der Waals surface area contributed by atoms with Crippen LogP contribution < -0.4 is 10.6 Å². The monoisotopic (exact) mass is 390 g/mol. The number of aryl methyl sites for hydroxylation is 1. The number of nitrogens with zero attached hydrogens (tertiary/aromatic N) is 2. The molecule has 1 aromatic heterocycles. The first-order valence-corrected chi connectivity index (χ1v) is 8.56. The van der Waals surface area contributed by atoms with E-state index in [9.17, 15) is 13.2 Å². The molecule has 0 spiro atoms. The molecule has 1 heterocycles. The van der Waals surface area contributed by atoms with E-state index in [0.717, 1.165) is 17.2 Å². The molecule has 0 aliphatic carbocycles. The third-order valence-corrected chi connectivity index (χ3v) is 4.16. The Morgan fingerprint density at radius 3 is 2.48 bits per heavy atom. The van der Waals surface area contributed by atoms with Gasteiger partial charge in [-0.15, -0.1) is 0 Å². The van der Waals surface area contributed by atoms with Crippen molar-refractivity contribution in [3.8, 4) is 0 Å². The van der Waals surface area contributed by atoms with E-state index in [1.54, 1.807) is 16.9 Å². The number of alkyl halides is 3. The van der Waals surface area contributed by atoms with Crippen molar-refractivity contribution in [2.75, 3.05) is 10.6 Å². The Hall–Kier alpha value is -2.87. The van der Waals surface area contributed by atoms with E-state index in [2.05, 4.69) is 15.7 Å². The predicted octanol–water partition coefficient (Wildman–Crippen LogP) is 5.07. The molecule has 0 fully saturated rings. The fourth-order valence-corrected chi connectivity index (χ4v) is 2.80. The van der Waals surface area contributed by atoms with E-state index in [1.165, 1.54) is 18.2 Å². The molecular weight excluding hydrogens is 373 g/mol. The van der Waals surface area contributed by atoms with Crippen molar-refractivity contribution < 1.29 is 13.2 Å². The van der Waals surface area contributed by atoms with E-state index < -0.39 is 11.7 Å². The lowest BCUT2D eigenvalue weighted by molar-refractivity contribution is -0.136. The van der Waals surface area contributed by atoms with E-state index in [-0.39, 0.29) is 10.8 Å². The molecule has 0 amide bonds. The summed E-state index contributed by atoms with van der Waals surface area (Å²) in [6.45, 7) is 2.61. The van der Waals surface area contributed by atoms with E-state index in [1.807, 2.05) is 31.2 Å². The summed E-state index contributed by atoms with van der Waals surface area (Å²) < 4.78 is 40.9. The molecule has 0 aliphatic rings. The first-order valence-electron chi connectivity index (χ1n) is 8.15. The molecule has 2 N–H and O–H groups in total. The van der Waals surface area contributed by atoms with Gasteiger partial charge in [-0.25, -0.2) is 0 Å². The van der Waals surface area contributed by atoms with Crippen molar-refractivity contribution in [2.24, 2.45) is 0 Å². The highest BCUT2D eigenvalue weighted by Gasteiger charge is 2.33. The van der Waals surface area contributed by atoms with Crippen molar-refractivity contribution in [3.63, 3.8) is 0 Å². The van der Waals surface area contributed by atoms with Gasteiger partial charge in [0.1, 0.15) is 0 Å². The Morgan fingerprint density at radius 2 is 1.74 bits per heavy atom. The van der Waals surface area contributed by atoms with Gasteiger partial charge >= 0.3 is 6.18 Å². The smallest absolute Gasteiger partial charge is 0.332 e. The molecule has 0 bridgehead atoms. The maximum atomic E-state index is 13.0. The highest BCUT2D eigenvalue weighted by molar-refractivity contribution is 7.80. The van der Waals surface area contributed by atoms with Crippen LogP contribution in [0.5, 0.6) is 0 Å². The van der Waals surface area contributed by atoms with Gasteiger partial charge in [0.2, 0.25) is 0 Å². The van der Waals surface area contributed by atoms with Crippen molar-refractivity contribution in [2.45, 2.75) is 19.6 Å². The van der Waals surface area contributed by atoms with Gasteiger partial charge in [0.25, 0.3) is 0 Å². The van der Waals surface area contributed by atoms with Gasteiger partial charge in [-0.1, -0.05) is 36.4 Å². The highest BCUT2D eigenvalue weighted by Crippen LogP contribution is 2.34. The molecule has 0 aliphatic heterocycles. The number of para-hydroxylation sites is 1. The average molecular weight is 390 g/mol. The molecule has 2 aromatic carbocycles. The first kappa shape index (κ1) is 18.9. The number of hydrogen-bond acceptors (Lipinski definition) is 2.